The SMILES string of the molecule is COc1ccc2c(c1)[C@@]1(CCCN(C(=O)[C@H](Cc3ccccc3)NC(=O)c3ccc(NC(=O)O)cc3)C1)OC(=O)N2. The molecule has 0 saturated carbocycles. The van der Waals surface area contributed by atoms with Crippen LogP contribution in [0.1, 0.15) is 34.3 Å². The Morgan fingerprint density at radius 1 is 1.10 bits per heavy atom. The highest BCUT2D eigenvalue weighted by Gasteiger charge is 2.47. The van der Waals surface area contributed by atoms with Crippen molar-refractivity contribution in [2.75, 3.05) is 30.8 Å². The van der Waals surface area contributed by atoms with E-state index in [1.165, 1.54) is 24.3 Å². The second kappa shape index (κ2) is 11.6. The molecule has 4 N–H and O–H groups in total. The molecule has 4 amide bonds. The quantitative estimate of drug-likeness (QED) is 0.340. The van der Waals surface area contributed by atoms with E-state index in [0.717, 1.165) is 11.1 Å². The third kappa shape index (κ3) is 6.08. The van der Waals surface area contributed by atoms with Crippen molar-refractivity contribution in [1.82, 2.24) is 10.2 Å². The van der Waals surface area contributed by atoms with Crippen molar-refractivity contribution in [3.05, 3.63) is 89.5 Å². The van der Waals surface area contributed by atoms with Crippen molar-refractivity contribution in [2.45, 2.75) is 30.9 Å². The van der Waals surface area contributed by atoms with Crippen LogP contribution in [0.15, 0.2) is 72.8 Å². The lowest BCUT2D eigenvalue weighted by atomic mass is 9.83. The van der Waals surface area contributed by atoms with Crippen LogP contribution in [0.2, 0.25) is 0 Å². The molecule has 0 bridgehead atoms. The van der Waals surface area contributed by atoms with Gasteiger partial charge in [-0.2, -0.15) is 0 Å². The summed E-state index contributed by atoms with van der Waals surface area (Å²) >= 11 is 0. The average molecular weight is 559 g/mol. The predicted octanol–water partition coefficient (Wildman–Crippen LogP) is 4.21. The maximum atomic E-state index is 14.0. The van der Waals surface area contributed by atoms with Gasteiger partial charge in [0, 0.05) is 29.8 Å². The number of carboxylic acid groups (broad SMARTS) is 1. The molecule has 212 valence electrons. The number of carbonyl (C=O) groups excluding carboxylic acids is 3. The van der Waals surface area contributed by atoms with Gasteiger partial charge in [-0.3, -0.25) is 20.2 Å². The number of hydrogen-bond acceptors (Lipinski definition) is 6. The Morgan fingerprint density at radius 3 is 2.56 bits per heavy atom. The monoisotopic (exact) mass is 558 g/mol. The van der Waals surface area contributed by atoms with Gasteiger partial charge < -0.3 is 24.8 Å². The summed E-state index contributed by atoms with van der Waals surface area (Å²) in [5.74, 6) is -0.175. The summed E-state index contributed by atoms with van der Waals surface area (Å²) in [4.78, 5) is 52.3. The lowest BCUT2D eigenvalue weighted by Gasteiger charge is -2.45. The smallest absolute Gasteiger partial charge is 0.412 e. The van der Waals surface area contributed by atoms with Crippen LogP contribution in [0.5, 0.6) is 5.75 Å². The first-order valence-electron chi connectivity index (χ1n) is 13.2. The molecular formula is C30H30N4O7. The lowest BCUT2D eigenvalue weighted by molar-refractivity contribution is -0.141. The average Bonchev–Trinajstić information content (AvgIpc) is 2.97. The predicted molar refractivity (Wildman–Crippen MR) is 150 cm³/mol. The molecule has 1 fully saturated rings. The van der Waals surface area contributed by atoms with Gasteiger partial charge in [-0.05, 0) is 60.9 Å². The van der Waals surface area contributed by atoms with Crippen LogP contribution >= 0.6 is 0 Å². The highest BCUT2D eigenvalue weighted by atomic mass is 16.6. The van der Waals surface area contributed by atoms with Gasteiger partial charge in [-0.15, -0.1) is 0 Å². The molecular weight excluding hydrogens is 528 g/mol. The number of hydrogen-bond donors (Lipinski definition) is 4. The molecule has 2 heterocycles. The van der Waals surface area contributed by atoms with E-state index in [9.17, 15) is 19.2 Å². The number of amides is 4. The molecule has 1 spiro atoms. The summed E-state index contributed by atoms with van der Waals surface area (Å²) in [6.07, 6.45) is -0.446. The first-order valence-corrected chi connectivity index (χ1v) is 13.2. The number of methoxy groups -OCH3 is 1. The van der Waals surface area contributed by atoms with E-state index in [0.29, 0.717) is 36.5 Å². The van der Waals surface area contributed by atoms with Gasteiger partial charge in [0.05, 0.1) is 19.3 Å². The number of fused-ring (bicyclic) bond motifs is 2. The van der Waals surface area contributed by atoms with Crippen molar-refractivity contribution >= 4 is 35.4 Å². The van der Waals surface area contributed by atoms with Crippen molar-refractivity contribution in [2.24, 2.45) is 0 Å². The van der Waals surface area contributed by atoms with Crippen LogP contribution in [-0.2, 0) is 21.6 Å². The molecule has 1 saturated heterocycles. The molecule has 2 aliphatic heterocycles. The molecule has 0 unspecified atom stereocenters. The zero-order valence-corrected chi connectivity index (χ0v) is 22.4. The molecule has 2 atom stereocenters. The number of benzene rings is 3. The highest BCUT2D eigenvalue weighted by Crippen LogP contribution is 2.43. The maximum Gasteiger partial charge on any atom is 0.412 e. The van der Waals surface area contributed by atoms with Gasteiger partial charge in [-0.1, -0.05) is 30.3 Å². The Labute approximate surface area is 236 Å². The molecule has 41 heavy (non-hydrogen) atoms. The van der Waals surface area contributed by atoms with Gasteiger partial charge in [0.25, 0.3) is 5.91 Å². The number of carbonyl (C=O) groups is 4. The normalized spacial score (nSPS) is 18.4. The largest absolute Gasteiger partial charge is 0.497 e. The topological polar surface area (TPSA) is 146 Å². The Bertz CT molecular complexity index is 1460. The Morgan fingerprint density at radius 2 is 1.85 bits per heavy atom. The Hall–Kier alpha value is -5.06. The highest BCUT2D eigenvalue weighted by molar-refractivity contribution is 5.98. The fourth-order valence-corrected chi connectivity index (χ4v) is 5.36. The van der Waals surface area contributed by atoms with Gasteiger partial charge in [0.1, 0.15) is 11.8 Å². The molecule has 3 aromatic carbocycles. The standard InChI is InChI=1S/C30H30N4O7/c1-40-22-12-13-24-23(17-22)30(41-29(39)33-24)14-5-15-34(18-30)27(36)25(16-19-6-3-2-4-7-19)32-26(35)20-8-10-21(11-9-20)31-28(37)38/h2-4,6-13,17,25,31H,5,14-16,18H2,1H3,(H,32,35)(H,33,39)(H,37,38)/t25-,30-/m0/s1. The molecule has 11 heteroatoms. The van der Waals surface area contributed by atoms with E-state index in [1.54, 1.807) is 24.1 Å². The van der Waals surface area contributed by atoms with E-state index in [1.807, 2.05) is 36.4 Å². The minimum Gasteiger partial charge on any atom is -0.497 e. The summed E-state index contributed by atoms with van der Waals surface area (Å²) in [6, 6.07) is 19.7. The Kier molecular flexibility index (Phi) is 7.77. The molecule has 0 radical (unpaired) electrons. The third-order valence-corrected chi connectivity index (χ3v) is 7.29. The summed E-state index contributed by atoms with van der Waals surface area (Å²) in [6.45, 7) is 0.553. The van der Waals surface area contributed by atoms with Gasteiger partial charge in [0.15, 0.2) is 5.60 Å². The third-order valence-electron chi connectivity index (χ3n) is 7.29. The minimum atomic E-state index is -1.21. The number of piperidine rings is 1. The van der Waals surface area contributed by atoms with Crippen molar-refractivity contribution in [3.8, 4) is 5.75 Å². The fraction of sp³-hybridized carbons (Fsp3) is 0.267. The van der Waals surface area contributed by atoms with E-state index < -0.39 is 29.7 Å². The summed E-state index contributed by atoms with van der Waals surface area (Å²) in [5, 5.41) is 16.7. The summed E-state index contributed by atoms with van der Waals surface area (Å²) in [5.41, 5.74) is 1.73. The van der Waals surface area contributed by atoms with Crippen LogP contribution in [-0.4, -0.2) is 60.2 Å². The molecule has 0 aromatic heterocycles. The molecule has 2 aliphatic rings. The molecule has 0 aliphatic carbocycles. The fourth-order valence-electron chi connectivity index (χ4n) is 5.36. The number of nitrogens with zero attached hydrogens (tertiary/aromatic N) is 1. The van der Waals surface area contributed by atoms with Crippen LogP contribution in [0, 0.1) is 0 Å². The first-order chi connectivity index (χ1) is 19.8. The van der Waals surface area contributed by atoms with Gasteiger partial charge >= 0.3 is 12.2 Å². The maximum absolute atomic E-state index is 14.0. The number of rotatable bonds is 7. The second-order valence-corrected chi connectivity index (χ2v) is 10.0. The number of nitrogens with one attached hydrogen (secondary N) is 3. The zero-order valence-electron chi connectivity index (χ0n) is 22.4. The lowest BCUT2D eigenvalue weighted by Crippen LogP contribution is -2.57. The van der Waals surface area contributed by atoms with Crippen molar-refractivity contribution in [3.63, 3.8) is 0 Å². The zero-order chi connectivity index (χ0) is 29.0. The van der Waals surface area contributed by atoms with E-state index in [4.69, 9.17) is 14.6 Å². The summed E-state index contributed by atoms with van der Waals surface area (Å²) < 4.78 is 11.3. The van der Waals surface area contributed by atoms with Crippen molar-refractivity contribution in [1.29, 1.82) is 0 Å². The minimum absolute atomic E-state index is 0.121. The van der Waals surface area contributed by atoms with Crippen LogP contribution < -0.4 is 20.7 Å². The van der Waals surface area contributed by atoms with Crippen LogP contribution in [0.25, 0.3) is 0 Å². The van der Waals surface area contributed by atoms with E-state index in [-0.39, 0.29) is 24.4 Å². The second-order valence-electron chi connectivity index (χ2n) is 10.0. The first kappa shape index (κ1) is 27.5. The van der Waals surface area contributed by atoms with Crippen molar-refractivity contribution < 1.29 is 33.8 Å². The molecule has 11 nitrogen and oxygen atoms in total. The number of ether oxygens (including phenoxy) is 2. The number of anilines is 2. The van der Waals surface area contributed by atoms with Gasteiger partial charge in [-0.25, -0.2) is 9.59 Å². The Balaban J connectivity index is 1.40. The van der Waals surface area contributed by atoms with E-state index >= 15 is 0 Å². The van der Waals surface area contributed by atoms with E-state index in [2.05, 4.69) is 16.0 Å². The van der Waals surface area contributed by atoms with Crippen LogP contribution in [0.3, 0.4) is 0 Å². The molecule has 5 rings (SSSR count). The summed E-state index contributed by atoms with van der Waals surface area (Å²) in [7, 11) is 1.56. The molecule has 3 aromatic rings. The van der Waals surface area contributed by atoms with Gasteiger partial charge in [0.2, 0.25) is 5.91 Å². The van der Waals surface area contributed by atoms with Crippen LogP contribution in [0.4, 0.5) is 21.0 Å². The number of likely N-dealkylation sites (tertiary alicyclic amines) is 1.